The highest BCUT2D eigenvalue weighted by molar-refractivity contribution is 6.46. The van der Waals surface area contributed by atoms with Gasteiger partial charge in [-0.05, 0) is 81.2 Å². The van der Waals surface area contributed by atoms with Crippen molar-refractivity contribution in [3.63, 3.8) is 0 Å². The molecular formula is C33H44N2O7. The van der Waals surface area contributed by atoms with Gasteiger partial charge < -0.3 is 33.9 Å². The summed E-state index contributed by atoms with van der Waals surface area (Å²) in [5.74, 6) is 1.09. The number of fused-ring (bicyclic) bond motifs is 1. The predicted molar refractivity (Wildman–Crippen MR) is 161 cm³/mol. The van der Waals surface area contributed by atoms with Crippen molar-refractivity contribution >= 4 is 17.4 Å². The maximum atomic E-state index is 13.6. The average Bonchev–Trinajstić information content (AvgIpc) is 3.24. The molecule has 2 aliphatic heterocycles. The zero-order valence-electron chi connectivity index (χ0n) is 25.5. The van der Waals surface area contributed by atoms with Gasteiger partial charge >= 0.3 is 0 Å². The molecule has 4 rings (SSSR count). The van der Waals surface area contributed by atoms with Crippen LogP contribution in [0.15, 0.2) is 42.0 Å². The van der Waals surface area contributed by atoms with Crippen LogP contribution in [-0.2, 0) is 9.59 Å². The summed E-state index contributed by atoms with van der Waals surface area (Å²) in [6.45, 7) is 15.1. The topological polar surface area (TPSA) is 97.8 Å². The SMILES string of the molecule is CCOc1cc([C@H]2/C(=C(\O)c3ccc4c(c3)OCCO4)C(=O)C(=O)N2CCCN(CC)CC)ccc1OCCC(C)C. The van der Waals surface area contributed by atoms with Crippen LogP contribution in [0.5, 0.6) is 23.0 Å². The molecule has 0 aromatic heterocycles. The highest BCUT2D eigenvalue weighted by Gasteiger charge is 2.46. The van der Waals surface area contributed by atoms with Gasteiger partial charge in [-0.3, -0.25) is 9.59 Å². The van der Waals surface area contributed by atoms with Gasteiger partial charge in [0.25, 0.3) is 11.7 Å². The molecule has 1 atom stereocenters. The standard InChI is InChI=1S/C33H44N2O7/c1-6-34(7-2)15-9-16-35-30(23-10-12-25(27(20-23)39-8-3)40-17-14-22(4)5)29(32(37)33(35)38)31(36)24-11-13-26-28(21-24)42-19-18-41-26/h10-13,20-22,30,36H,6-9,14-19H2,1-5H3/b31-29+/t30-/m0/s1. The number of aliphatic hydroxyl groups is 1. The second-order valence-electron chi connectivity index (χ2n) is 10.9. The summed E-state index contributed by atoms with van der Waals surface area (Å²) >= 11 is 0. The number of ketones is 1. The summed E-state index contributed by atoms with van der Waals surface area (Å²) in [6, 6.07) is 9.71. The summed E-state index contributed by atoms with van der Waals surface area (Å²) < 4.78 is 23.3. The van der Waals surface area contributed by atoms with Crippen molar-refractivity contribution in [3.05, 3.63) is 53.1 Å². The van der Waals surface area contributed by atoms with Crippen LogP contribution in [0.2, 0.25) is 0 Å². The maximum absolute atomic E-state index is 13.6. The first kappa shape index (κ1) is 31.2. The van der Waals surface area contributed by atoms with Crippen molar-refractivity contribution in [1.82, 2.24) is 9.80 Å². The third-order valence-corrected chi connectivity index (χ3v) is 7.66. The first-order valence-electron chi connectivity index (χ1n) is 15.1. The summed E-state index contributed by atoms with van der Waals surface area (Å²) in [5, 5.41) is 11.6. The molecule has 0 aliphatic carbocycles. The van der Waals surface area contributed by atoms with E-state index < -0.39 is 17.7 Å². The molecule has 0 radical (unpaired) electrons. The maximum Gasteiger partial charge on any atom is 0.295 e. The van der Waals surface area contributed by atoms with E-state index >= 15 is 0 Å². The molecule has 1 saturated heterocycles. The van der Waals surface area contributed by atoms with Gasteiger partial charge in [0.15, 0.2) is 23.0 Å². The molecule has 1 N–H and O–H groups in total. The van der Waals surface area contributed by atoms with Gasteiger partial charge in [0.05, 0.1) is 24.8 Å². The van der Waals surface area contributed by atoms with Gasteiger partial charge in [-0.25, -0.2) is 0 Å². The number of benzene rings is 2. The van der Waals surface area contributed by atoms with Gasteiger partial charge in [-0.2, -0.15) is 0 Å². The molecule has 9 nitrogen and oxygen atoms in total. The van der Waals surface area contributed by atoms with Crippen molar-refractivity contribution in [2.45, 2.75) is 53.5 Å². The van der Waals surface area contributed by atoms with E-state index in [4.69, 9.17) is 18.9 Å². The van der Waals surface area contributed by atoms with Crippen LogP contribution in [0.3, 0.4) is 0 Å². The minimum atomic E-state index is -0.793. The fraction of sp³-hybridized carbons (Fsp3) is 0.515. The minimum Gasteiger partial charge on any atom is -0.507 e. The lowest BCUT2D eigenvalue weighted by molar-refractivity contribution is -0.140. The van der Waals surface area contributed by atoms with Crippen LogP contribution in [-0.4, -0.2) is 79.2 Å². The van der Waals surface area contributed by atoms with Crippen molar-refractivity contribution < 1.29 is 33.6 Å². The first-order chi connectivity index (χ1) is 20.3. The Morgan fingerprint density at radius 1 is 1.00 bits per heavy atom. The smallest absolute Gasteiger partial charge is 0.295 e. The van der Waals surface area contributed by atoms with Crippen LogP contribution < -0.4 is 18.9 Å². The lowest BCUT2D eigenvalue weighted by atomic mass is 9.94. The number of ether oxygens (including phenoxy) is 4. The van der Waals surface area contributed by atoms with Crippen LogP contribution in [0.4, 0.5) is 0 Å². The zero-order chi connectivity index (χ0) is 30.2. The molecule has 1 amide bonds. The van der Waals surface area contributed by atoms with E-state index in [9.17, 15) is 14.7 Å². The number of hydrogen-bond donors (Lipinski definition) is 1. The number of likely N-dealkylation sites (tertiary alicyclic amines) is 1. The Labute approximate surface area is 249 Å². The number of carbonyl (C=O) groups is 2. The summed E-state index contributed by atoms with van der Waals surface area (Å²) in [6.07, 6.45) is 1.58. The highest BCUT2D eigenvalue weighted by atomic mass is 16.6. The van der Waals surface area contributed by atoms with E-state index in [-0.39, 0.29) is 11.3 Å². The number of Topliss-reactive ketones (excluding diaryl/α,β-unsaturated/α-hetero) is 1. The zero-order valence-corrected chi connectivity index (χ0v) is 25.5. The number of aliphatic hydroxyl groups excluding tert-OH is 1. The predicted octanol–water partition coefficient (Wildman–Crippen LogP) is 5.44. The van der Waals surface area contributed by atoms with Gasteiger partial charge in [-0.15, -0.1) is 0 Å². The second kappa shape index (κ2) is 14.4. The number of hydrogen-bond acceptors (Lipinski definition) is 8. The average molecular weight is 581 g/mol. The van der Waals surface area contributed by atoms with Crippen LogP contribution in [0, 0.1) is 5.92 Å². The lowest BCUT2D eigenvalue weighted by Gasteiger charge is -2.27. The van der Waals surface area contributed by atoms with E-state index in [1.54, 1.807) is 23.1 Å². The van der Waals surface area contributed by atoms with Crippen LogP contribution in [0.25, 0.3) is 5.76 Å². The van der Waals surface area contributed by atoms with Crippen molar-refractivity contribution in [3.8, 4) is 23.0 Å². The van der Waals surface area contributed by atoms with Gasteiger partial charge in [0, 0.05) is 12.1 Å². The molecule has 0 spiro atoms. The Morgan fingerprint density at radius 3 is 2.43 bits per heavy atom. The summed E-state index contributed by atoms with van der Waals surface area (Å²) in [5.41, 5.74) is 1.08. The number of amides is 1. The highest BCUT2D eigenvalue weighted by Crippen LogP contribution is 2.43. The summed E-state index contributed by atoms with van der Waals surface area (Å²) in [7, 11) is 0. The van der Waals surface area contributed by atoms with Crippen LogP contribution in [0.1, 0.15) is 64.6 Å². The third kappa shape index (κ3) is 7.01. The Kier molecular flexibility index (Phi) is 10.7. The molecule has 2 heterocycles. The summed E-state index contributed by atoms with van der Waals surface area (Å²) in [4.78, 5) is 30.9. The van der Waals surface area contributed by atoms with Gasteiger partial charge in [0.1, 0.15) is 19.0 Å². The molecule has 2 aromatic carbocycles. The molecule has 42 heavy (non-hydrogen) atoms. The molecule has 2 aliphatic rings. The molecular weight excluding hydrogens is 536 g/mol. The Bertz CT molecular complexity index is 1290. The number of nitrogens with zero attached hydrogens (tertiary/aromatic N) is 2. The monoisotopic (exact) mass is 580 g/mol. The Morgan fingerprint density at radius 2 is 1.74 bits per heavy atom. The van der Waals surface area contributed by atoms with Crippen molar-refractivity contribution in [1.29, 1.82) is 0 Å². The molecule has 2 aromatic rings. The van der Waals surface area contributed by atoms with E-state index in [0.29, 0.717) is 79.4 Å². The van der Waals surface area contributed by atoms with Gasteiger partial charge in [-0.1, -0.05) is 33.8 Å². The fourth-order valence-electron chi connectivity index (χ4n) is 5.29. The Balaban J connectivity index is 1.75. The Hall–Kier alpha value is -3.72. The minimum absolute atomic E-state index is 0.0374. The third-order valence-electron chi connectivity index (χ3n) is 7.66. The van der Waals surface area contributed by atoms with E-state index in [1.165, 1.54) is 0 Å². The van der Waals surface area contributed by atoms with Crippen molar-refractivity contribution in [2.75, 3.05) is 52.6 Å². The normalized spacial score (nSPS) is 17.8. The number of carbonyl (C=O) groups excluding carboxylic acids is 2. The van der Waals surface area contributed by atoms with Gasteiger partial charge in [0.2, 0.25) is 0 Å². The molecule has 228 valence electrons. The lowest BCUT2D eigenvalue weighted by Crippen LogP contribution is -2.33. The quantitative estimate of drug-likeness (QED) is 0.179. The van der Waals surface area contributed by atoms with Crippen LogP contribution >= 0.6 is 0 Å². The van der Waals surface area contributed by atoms with E-state index in [0.717, 1.165) is 26.1 Å². The molecule has 0 saturated carbocycles. The molecule has 0 unspecified atom stereocenters. The van der Waals surface area contributed by atoms with Crippen molar-refractivity contribution in [2.24, 2.45) is 5.92 Å². The van der Waals surface area contributed by atoms with E-state index in [1.807, 2.05) is 25.1 Å². The molecule has 9 heteroatoms. The van der Waals surface area contributed by atoms with E-state index in [2.05, 4.69) is 32.6 Å². The molecule has 0 bridgehead atoms. The number of rotatable bonds is 14. The fourth-order valence-corrected chi connectivity index (χ4v) is 5.29. The first-order valence-corrected chi connectivity index (χ1v) is 15.1. The second-order valence-corrected chi connectivity index (χ2v) is 10.9. The molecule has 1 fully saturated rings. The largest absolute Gasteiger partial charge is 0.507 e.